The van der Waals surface area contributed by atoms with E-state index >= 15 is 0 Å². The summed E-state index contributed by atoms with van der Waals surface area (Å²) in [6, 6.07) is 9.03. The van der Waals surface area contributed by atoms with E-state index in [4.69, 9.17) is 0 Å². The van der Waals surface area contributed by atoms with E-state index in [0.29, 0.717) is 5.92 Å². The summed E-state index contributed by atoms with van der Waals surface area (Å²) in [6.45, 7) is 2.24. The summed E-state index contributed by atoms with van der Waals surface area (Å²) < 4.78 is 24.6. The Labute approximate surface area is 133 Å². The smallest absolute Gasteiger partial charge is 0.174 e. The van der Waals surface area contributed by atoms with Gasteiger partial charge in [-0.1, -0.05) is 50.5 Å². The number of halogens is 2. The number of aryl methyl sites for hydroxylation is 1. The van der Waals surface area contributed by atoms with Gasteiger partial charge < -0.3 is 0 Å². The predicted octanol–water partition coefficient (Wildman–Crippen LogP) is 6.86. The molecule has 0 spiro atoms. The maximum Gasteiger partial charge on any atom is 0.266 e. The third kappa shape index (κ3) is 5.55. The van der Waals surface area contributed by atoms with Crippen LogP contribution in [0, 0.1) is 5.92 Å². The first-order valence-corrected chi connectivity index (χ1v) is 8.80. The van der Waals surface area contributed by atoms with Crippen LogP contribution in [0.5, 0.6) is 0 Å². The van der Waals surface area contributed by atoms with E-state index in [2.05, 4.69) is 31.2 Å². The molecule has 1 fully saturated rings. The first-order valence-electron chi connectivity index (χ1n) is 8.80. The molecule has 0 saturated heterocycles. The molecular weight excluding hydrogens is 278 g/mol. The summed E-state index contributed by atoms with van der Waals surface area (Å²) in [7, 11) is 0. The maximum absolute atomic E-state index is 12.3. The quantitative estimate of drug-likeness (QED) is 0.482. The second-order valence-corrected chi connectivity index (χ2v) is 6.62. The maximum atomic E-state index is 12.3. The van der Waals surface area contributed by atoms with Crippen LogP contribution in [0.2, 0.25) is 0 Å². The minimum absolute atomic E-state index is 0.0825. The largest absolute Gasteiger partial charge is 0.266 e. The van der Waals surface area contributed by atoms with Gasteiger partial charge in [-0.05, 0) is 67.6 Å². The van der Waals surface area contributed by atoms with E-state index in [1.165, 1.54) is 43.2 Å². The average Bonchev–Trinajstić information content (AvgIpc) is 2.52. The van der Waals surface area contributed by atoms with E-state index in [1.54, 1.807) is 0 Å². The van der Waals surface area contributed by atoms with Gasteiger partial charge in [0.1, 0.15) is 0 Å². The molecule has 22 heavy (non-hydrogen) atoms. The van der Waals surface area contributed by atoms with Gasteiger partial charge in [0.05, 0.1) is 0 Å². The summed E-state index contributed by atoms with van der Waals surface area (Å²) in [5.41, 5.74) is 2.82. The molecule has 1 saturated carbocycles. The molecule has 1 aliphatic carbocycles. The SMILES string of the molecule is CCCCCCc1ccc([C@H]2CC[C@H](C=C(F)F)CC2)cc1. The molecule has 0 radical (unpaired) electrons. The van der Waals surface area contributed by atoms with Crippen molar-refractivity contribution in [3.8, 4) is 0 Å². The lowest BCUT2D eigenvalue weighted by atomic mass is 9.78. The molecule has 0 heterocycles. The molecule has 0 atom stereocenters. The standard InChI is InChI=1S/C20H28F2/c1-2-3-4-5-6-16-7-11-18(12-8-16)19-13-9-17(10-14-19)15-20(21)22/h7-8,11-12,15,17,19H,2-6,9-10,13-14H2,1H3/t17-,19-. The Morgan fingerprint density at radius 1 is 1.00 bits per heavy atom. The third-order valence-electron chi connectivity index (χ3n) is 4.90. The van der Waals surface area contributed by atoms with Gasteiger partial charge in [-0.15, -0.1) is 0 Å². The number of allylic oxidation sites excluding steroid dienone is 1. The Hall–Kier alpha value is -1.18. The molecule has 0 N–H and O–H groups in total. The highest BCUT2D eigenvalue weighted by Crippen LogP contribution is 2.36. The van der Waals surface area contributed by atoms with Crippen molar-refractivity contribution in [1.82, 2.24) is 0 Å². The van der Waals surface area contributed by atoms with E-state index in [1.807, 2.05) is 0 Å². The Morgan fingerprint density at radius 3 is 2.27 bits per heavy atom. The molecule has 0 aliphatic heterocycles. The number of hydrogen-bond acceptors (Lipinski definition) is 0. The van der Waals surface area contributed by atoms with Crippen LogP contribution in [0.4, 0.5) is 8.78 Å². The summed E-state index contributed by atoms with van der Waals surface area (Å²) in [4.78, 5) is 0. The Bertz CT molecular complexity index is 449. The van der Waals surface area contributed by atoms with Crippen LogP contribution in [-0.2, 0) is 6.42 Å². The van der Waals surface area contributed by atoms with Crippen LogP contribution in [-0.4, -0.2) is 0 Å². The zero-order valence-corrected chi connectivity index (χ0v) is 13.7. The van der Waals surface area contributed by atoms with Crippen molar-refractivity contribution in [2.75, 3.05) is 0 Å². The first-order chi connectivity index (χ1) is 10.7. The molecule has 1 aromatic carbocycles. The zero-order chi connectivity index (χ0) is 15.8. The topological polar surface area (TPSA) is 0 Å². The zero-order valence-electron chi connectivity index (χ0n) is 13.7. The number of hydrogen-bond donors (Lipinski definition) is 0. The van der Waals surface area contributed by atoms with Crippen molar-refractivity contribution >= 4 is 0 Å². The highest BCUT2D eigenvalue weighted by molar-refractivity contribution is 5.26. The van der Waals surface area contributed by atoms with Gasteiger partial charge in [0.15, 0.2) is 0 Å². The molecule has 0 bridgehead atoms. The van der Waals surface area contributed by atoms with Crippen molar-refractivity contribution < 1.29 is 8.78 Å². The Morgan fingerprint density at radius 2 is 1.68 bits per heavy atom. The van der Waals surface area contributed by atoms with Crippen molar-refractivity contribution in [3.05, 3.63) is 47.5 Å². The summed E-state index contributed by atoms with van der Waals surface area (Å²) in [5.74, 6) is 0.639. The Balaban J connectivity index is 1.80. The second kappa shape index (κ2) is 9.07. The molecular formula is C20H28F2. The Kier molecular flexibility index (Phi) is 7.08. The van der Waals surface area contributed by atoms with Gasteiger partial charge >= 0.3 is 0 Å². The van der Waals surface area contributed by atoms with Crippen molar-refractivity contribution in [2.24, 2.45) is 5.92 Å². The summed E-state index contributed by atoms with van der Waals surface area (Å²) in [5, 5.41) is 0. The molecule has 2 heteroatoms. The van der Waals surface area contributed by atoms with Gasteiger partial charge in [0.2, 0.25) is 0 Å². The fourth-order valence-electron chi connectivity index (χ4n) is 3.51. The van der Waals surface area contributed by atoms with Crippen molar-refractivity contribution in [2.45, 2.75) is 70.6 Å². The monoisotopic (exact) mass is 306 g/mol. The second-order valence-electron chi connectivity index (χ2n) is 6.62. The summed E-state index contributed by atoms with van der Waals surface area (Å²) >= 11 is 0. The van der Waals surface area contributed by atoms with Crippen LogP contribution in [0.15, 0.2) is 36.4 Å². The highest BCUT2D eigenvalue weighted by Gasteiger charge is 2.21. The summed E-state index contributed by atoms with van der Waals surface area (Å²) in [6.07, 6.45) is 9.86. The molecule has 122 valence electrons. The van der Waals surface area contributed by atoms with Crippen LogP contribution >= 0.6 is 0 Å². The van der Waals surface area contributed by atoms with E-state index < -0.39 is 6.08 Å². The molecule has 1 aliphatic rings. The van der Waals surface area contributed by atoms with Gasteiger partial charge in [-0.3, -0.25) is 0 Å². The number of benzene rings is 1. The predicted molar refractivity (Wildman–Crippen MR) is 89.3 cm³/mol. The van der Waals surface area contributed by atoms with Gasteiger partial charge in [0.25, 0.3) is 6.08 Å². The van der Waals surface area contributed by atoms with Crippen molar-refractivity contribution in [1.29, 1.82) is 0 Å². The molecule has 2 rings (SSSR count). The van der Waals surface area contributed by atoms with E-state index in [-0.39, 0.29) is 5.92 Å². The number of rotatable bonds is 7. The normalized spacial score (nSPS) is 21.6. The molecule has 0 amide bonds. The third-order valence-corrected chi connectivity index (χ3v) is 4.90. The minimum Gasteiger partial charge on any atom is -0.174 e. The van der Waals surface area contributed by atoms with E-state index in [9.17, 15) is 8.78 Å². The van der Waals surface area contributed by atoms with Gasteiger partial charge in [0, 0.05) is 0 Å². The fraction of sp³-hybridized carbons (Fsp3) is 0.600. The lowest BCUT2D eigenvalue weighted by molar-refractivity contribution is 0.351. The molecule has 0 aromatic heterocycles. The highest BCUT2D eigenvalue weighted by atomic mass is 19.3. The minimum atomic E-state index is -1.52. The fourth-order valence-corrected chi connectivity index (χ4v) is 3.51. The van der Waals surface area contributed by atoms with Crippen molar-refractivity contribution in [3.63, 3.8) is 0 Å². The van der Waals surface area contributed by atoms with E-state index in [0.717, 1.165) is 31.8 Å². The lowest BCUT2D eigenvalue weighted by Crippen LogP contribution is -2.11. The average molecular weight is 306 g/mol. The van der Waals surface area contributed by atoms with Crippen LogP contribution < -0.4 is 0 Å². The van der Waals surface area contributed by atoms with Gasteiger partial charge in [-0.25, -0.2) is 0 Å². The molecule has 0 unspecified atom stereocenters. The van der Waals surface area contributed by atoms with Crippen LogP contribution in [0.25, 0.3) is 0 Å². The number of unbranched alkanes of at least 4 members (excludes halogenated alkanes) is 3. The van der Waals surface area contributed by atoms with Gasteiger partial charge in [-0.2, -0.15) is 8.78 Å². The molecule has 1 aromatic rings. The molecule has 0 nitrogen and oxygen atoms in total. The lowest BCUT2D eigenvalue weighted by Gasteiger charge is -2.27. The van der Waals surface area contributed by atoms with Crippen LogP contribution in [0.1, 0.15) is 75.3 Å². The van der Waals surface area contributed by atoms with Crippen LogP contribution in [0.3, 0.4) is 0 Å². The first kappa shape index (κ1) is 17.2.